The lowest BCUT2D eigenvalue weighted by atomic mass is 9.82. The van der Waals surface area contributed by atoms with Crippen molar-refractivity contribution in [2.75, 3.05) is 0 Å². The predicted molar refractivity (Wildman–Crippen MR) is 95.6 cm³/mol. The number of halogens is 1. The van der Waals surface area contributed by atoms with Gasteiger partial charge in [-0.15, -0.1) is 0 Å². The minimum Gasteiger partial charge on any atom is -0.294 e. The van der Waals surface area contributed by atoms with Crippen LogP contribution in [-0.2, 0) is 9.59 Å². The van der Waals surface area contributed by atoms with Gasteiger partial charge in [-0.05, 0) is 61.1 Å². The highest BCUT2D eigenvalue weighted by Gasteiger charge is 2.38. The summed E-state index contributed by atoms with van der Waals surface area (Å²) in [6, 6.07) is 3.98. The molecule has 1 unspecified atom stereocenters. The summed E-state index contributed by atoms with van der Waals surface area (Å²) >= 11 is 3.48. The molecule has 3 heteroatoms. The van der Waals surface area contributed by atoms with Gasteiger partial charge in [0, 0.05) is 10.0 Å². The number of allylic oxidation sites excluding steroid dienone is 2. The monoisotopic (exact) mass is 374 g/mol. The first-order valence-corrected chi connectivity index (χ1v) is 9.32. The Morgan fingerprint density at radius 1 is 1.04 bits per heavy atom. The first kappa shape index (κ1) is 16.6. The number of benzene rings is 1. The molecule has 3 rings (SSSR count). The fraction of sp³-hybridized carbons (Fsp3) is 0.500. The average Bonchev–Trinajstić information content (AvgIpc) is 2.75. The van der Waals surface area contributed by atoms with Gasteiger partial charge in [-0.3, -0.25) is 9.59 Å². The van der Waals surface area contributed by atoms with E-state index in [2.05, 4.69) is 15.9 Å². The van der Waals surface area contributed by atoms with E-state index >= 15 is 0 Å². The van der Waals surface area contributed by atoms with Gasteiger partial charge in [-0.1, -0.05) is 48.0 Å². The molecule has 1 saturated carbocycles. The number of hydrogen-bond acceptors (Lipinski definition) is 2. The van der Waals surface area contributed by atoms with Crippen LogP contribution in [0.1, 0.15) is 61.1 Å². The minimum atomic E-state index is -0.610. The van der Waals surface area contributed by atoms with Gasteiger partial charge in [0.25, 0.3) is 0 Å². The van der Waals surface area contributed by atoms with E-state index in [1.165, 1.54) is 32.1 Å². The fourth-order valence-electron chi connectivity index (χ4n) is 4.15. The van der Waals surface area contributed by atoms with Crippen molar-refractivity contribution >= 4 is 27.5 Å². The maximum Gasteiger partial charge on any atom is 0.174 e. The van der Waals surface area contributed by atoms with Crippen LogP contribution in [0.4, 0.5) is 0 Å². The minimum absolute atomic E-state index is 0.0330. The third-order valence-corrected chi connectivity index (χ3v) is 5.72. The van der Waals surface area contributed by atoms with Gasteiger partial charge >= 0.3 is 0 Å². The van der Waals surface area contributed by atoms with Crippen molar-refractivity contribution in [3.63, 3.8) is 0 Å². The Balaban J connectivity index is 1.84. The van der Waals surface area contributed by atoms with Crippen LogP contribution in [-0.4, -0.2) is 11.6 Å². The quantitative estimate of drug-likeness (QED) is 0.681. The third-order valence-electron chi connectivity index (χ3n) is 5.26. The number of hydrogen-bond donors (Lipinski definition) is 0. The molecule has 2 nitrogen and oxygen atoms in total. The molecule has 1 aromatic rings. The Hall–Kier alpha value is -1.22. The summed E-state index contributed by atoms with van der Waals surface area (Å²) in [6.45, 7) is 3.96. The van der Waals surface area contributed by atoms with Crippen LogP contribution < -0.4 is 0 Å². The number of Topliss-reactive ketones (excluding diaryl/α,β-unsaturated/α-hetero) is 1. The average molecular weight is 375 g/mol. The molecule has 0 N–H and O–H groups in total. The standard InChI is InChI=1S/C20H23BrO2/c1-12-8-16(21)9-13(2)18(12)19-17(22)11-15(20(19)23)10-14-6-4-3-5-7-14/h8-9,11,14,19H,3-7,10H2,1-2H3. The van der Waals surface area contributed by atoms with Gasteiger partial charge in [0.15, 0.2) is 11.6 Å². The van der Waals surface area contributed by atoms with Gasteiger partial charge in [0.1, 0.15) is 5.92 Å². The lowest BCUT2D eigenvalue weighted by Crippen LogP contribution is -2.18. The summed E-state index contributed by atoms with van der Waals surface area (Å²) in [7, 11) is 0. The molecule has 0 bridgehead atoms. The van der Waals surface area contributed by atoms with Crippen LogP contribution in [0.25, 0.3) is 0 Å². The Bertz CT molecular complexity index is 658. The summed E-state index contributed by atoms with van der Waals surface area (Å²) in [5, 5.41) is 0. The van der Waals surface area contributed by atoms with E-state index in [9.17, 15) is 9.59 Å². The van der Waals surface area contributed by atoms with Crippen molar-refractivity contribution in [3.05, 3.63) is 44.9 Å². The summed E-state index contributed by atoms with van der Waals surface area (Å²) in [4.78, 5) is 25.4. The lowest BCUT2D eigenvalue weighted by Gasteiger charge is -2.22. The maximum absolute atomic E-state index is 12.9. The molecule has 0 aliphatic heterocycles. The smallest absolute Gasteiger partial charge is 0.174 e. The van der Waals surface area contributed by atoms with Crippen LogP contribution in [0, 0.1) is 19.8 Å². The Morgan fingerprint density at radius 3 is 2.26 bits per heavy atom. The molecule has 0 amide bonds. The van der Waals surface area contributed by atoms with Crippen molar-refractivity contribution in [1.29, 1.82) is 0 Å². The Morgan fingerprint density at radius 2 is 1.65 bits per heavy atom. The summed E-state index contributed by atoms with van der Waals surface area (Å²) in [5.41, 5.74) is 3.68. The fourth-order valence-corrected chi connectivity index (χ4v) is 4.84. The SMILES string of the molecule is Cc1cc(Br)cc(C)c1C1C(=O)C=C(CC2CCCCC2)C1=O. The molecule has 0 aromatic heterocycles. The molecule has 122 valence electrons. The molecule has 1 fully saturated rings. The largest absolute Gasteiger partial charge is 0.294 e. The summed E-state index contributed by atoms with van der Waals surface area (Å²) in [5.74, 6) is -0.0252. The van der Waals surface area contributed by atoms with Crippen LogP contribution in [0.5, 0.6) is 0 Å². The van der Waals surface area contributed by atoms with E-state index < -0.39 is 5.92 Å². The number of aryl methyl sites for hydroxylation is 2. The van der Waals surface area contributed by atoms with E-state index in [-0.39, 0.29) is 11.6 Å². The summed E-state index contributed by atoms with van der Waals surface area (Å²) in [6.07, 6.45) is 8.63. The normalized spacial score (nSPS) is 22.6. The highest BCUT2D eigenvalue weighted by Crippen LogP contribution is 2.38. The second kappa shape index (κ2) is 6.72. The predicted octanol–water partition coefficient (Wildman–Crippen LogP) is 5.20. The van der Waals surface area contributed by atoms with E-state index in [0.717, 1.165) is 33.2 Å². The zero-order valence-corrected chi connectivity index (χ0v) is 15.4. The topological polar surface area (TPSA) is 34.1 Å². The van der Waals surface area contributed by atoms with Crippen molar-refractivity contribution in [1.82, 2.24) is 0 Å². The van der Waals surface area contributed by atoms with Crippen molar-refractivity contribution in [2.45, 2.75) is 58.3 Å². The van der Waals surface area contributed by atoms with Gasteiger partial charge in [0.05, 0.1) is 0 Å². The van der Waals surface area contributed by atoms with Gasteiger partial charge in [0.2, 0.25) is 0 Å². The summed E-state index contributed by atoms with van der Waals surface area (Å²) < 4.78 is 0.990. The molecule has 23 heavy (non-hydrogen) atoms. The van der Waals surface area contributed by atoms with Gasteiger partial charge in [-0.2, -0.15) is 0 Å². The lowest BCUT2D eigenvalue weighted by molar-refractivity contribution is -0.123. The number of carbonyl (C=O) groups is 2. The van der Waals surface area contributed by atoms with Crippen molar-refractivity contribution in [2.24, 2.45) is 5.92 Å². The Labute approximate surface area is 146 Å². The maximum atomic E-state index is 12.9. The van der Waals surface area contributed by atoms with E-state index in [1.54, 1.807) is 6.08 Å². The Kier molecular flexibility index (Phi) is 4.86. The van der Waals surface area contributed by atoms with Gasteiger partial charge in [-0.25, -0.2) is 0 Å². The molecule has 2 aliphatic carbocycles. The number of carbonyl (C=O) groups excluding carboxylic acids is 2. The number of ketones is 2. The molecule has 1 aromatic carbocycles. The molecule has 1 atom stereocenters. The zero-order valence-electron chi connectivity index (χ0n) is 13.8. The first-order valence-electron chi connectivity index (χ1n) is 8.52. The van der Waals surface area contributed by atoms with Crippen LogP contribution in [0.15, 0.2) is 28.3 Å². The molecular formula is C20H23BrO2. The highest BCUT2D eigenvalue weighted by atomic mass is 79.9. The van der Waals surface area contributed by atoms with Gasteiger partial charge < -0.3 is 0 Å². The van der Waals surface area contributed by atoms with E-state index in [0.29, 0.717) is 5.92 Å². The third kappa shape index (κ3) is 3.35. The second-order valence-corrected chi connectivity index (χ2v) is 7.95. The van der Waals surface area contributed by atoms with Crippen LogP contribution in [0.2, 0.25) is 0 Å². The molecule has 0 heterocycles. The van der Waals surface area contributed by atoms with Crippen molar-refractivity contribution < 1.29 is 9.59 Å². The molecule has 2 aliphatic rings. The molecular weight excluding hydrogens is 352 g/mol. The van der Waals surface area contributed by atoms with E-state index in [1.807, 2.05) is 26.0 Å². The zero-order chi connectivity index (χ0) is 16.6. The van der Waals surface area contributed by atoms with Crippen LogP contribution >= 0.6 is 15.9 Å². The van der Waals surface area contributed by atoms with E-state index in [4.69, 9.17) is 0 Å². The van der Waals surface area contributed by atoms with Crippen molar-refractivity contribution in [3.8, 4) is 0 Å². The molecule has 0 spiro atoms. The number of rotatable bonds is 3. The molecule has 0 radical (unpaired) electrons. The molecule has 0 saturated heterocycles. The highest BCUT2D eigenvalue weighted by molar-refractivity contribution is 9.10. The first-order chi connectivity index (χ1) is 11.0. The second-order valence-electron chi connectivity index (χ2n) is 7.03. The van der Waals surface area contributed by atoms with Crippen LogP contribution in [0.3, 0.4) is 0 Å².